The lowest BCUT2D eigenvalue weighted by atomic mass is 9.64. The highest BCUT2D eigenvalue weighted by Gasteiger charge is 2.63. The third kappa shape index (κ3) is 2.92. The number of amidine groups is 1. The summed E-state index contributed by atoms with van der Waals surface area (Å²) in [6.45, 7) is 6.33. The second-order valence-electron chi connectivity index (χ2n) is 7.57. The minimum atomic E-state index is -0.560. The predicted molar refractivity (Wildman–Crippen MR) is 111 cm³/mol. The molecule has 3 heterocycles. The number of allylic oxidation sites excluding steroid dienone is 3. The SMILES string of the molecule is C\C=C(/C=N/C=C/CCC)c1ccc2c(c1)C1(COC(N)=N1)C1(COC1)CO2. The fourth-order valence-corrected chi connectivity index (χ4v) is 4.03. The molecule has 1 aromatic rings. The molecule has 3 aliphatic rings. The van der Waals surface area contributed by atoms with Crippen molar-refractivity contribution in [3.05, 3.63) is 47.7 Å². The van der Waals surface area contributed by atoms with Gasteiger partial charge in [0.25, 0.3) is 6.02 Å². The van der Waals surface area contributed by atoms with E-state index in [2.05, 4.69) is 36.2 Å². The maximum absolute atomic E-state index is 6.09. The molecule has 6 nitrogen and oxygen atoms in total. The van der Waals surface area contributed by atoms with Gasteiger partial charge in [0.15, 0.2) is 0 Å². The first kappa shape index (κ1) is 18.7. The van der Waals surface area contributed by atoms with Gasteiger partial charge in [-0.1, -0.05) is 31.6 Å². The minimum Gasteiger partial charge on any atom is -0.492 e. The molecule has 1 fully saturated rings. The first-order valence-corrected chi connectivity index (χ1v) is 9.82. The Labute approximate surface area is 165 Å². The van der Waals surface area contributed by atoms with E-state index in [-0.39, 0.29) is 11.4 Å². The molecule has 6 heteroatoms. The molecular weight excluding hydrogens is 354 g/mol. The van der Waals surface area contributed by atoms with Crippen LogP contribution in [0.5, 0.6) is 5.75 Å². The molecule has 3 aliphatic heterocycles. The van der Waals surface area contributed by atoms with Crippen LogP contribution in [0.15, 0.2) is 46.5 Å². The first-order valence-electron chi connectivity index (χ1n) is 9.82. The van der Waals surface area contributed by atoms with Crippen molar-refractivity contribution >= 4 is 17.8 Å². The summed E-state index contributed by atoms with van der Waals surface area (Å²) in [4.78, 5) is 9.19. The maximum Gasteiger partial charge on any atom is 0.283 e. The zero-order valence-corrected chi connectivity index (χ0v) is 16.5. The number of hydrogen-bond acceptors (Lipinski definition) is 6. The van der Waals surface area contributed by atoms with Crippen LogP contribution in [0.2, 0.25) is 0 Å². The lowest BCUT2D eigenvalue weighted by Crippen LogP contribution is -2.63. The van der Waals surface area contributed by atoms with E-state index in [4.69, 9.17) is 24.9 Å². The number of nitrogens with two attached hydrogens (primary N) is 1. The van der Waals surface area contributed by atoms with Crippen LogP contribution in [-0.2, 0) is 15.0 Å². The van der Waals surface area contributed by atoms with Gasteiger partial charge in [0, 0.05) is 18.0 Å². The summed E-state index contributed by atoms with van der Waals surface area (Å²) in [5, 5.41) is 0. The first-order chi connectivity index (χ1) is 13.6. The Morgan fingerprint density at radius 3 is 2.75 bits per heavy atom. The Morgan fingerprint density at radius 1 is 1.25 bits per heavy atom. The zero-order chi connectivity index (χ0) is 19.6. The molecule has 0 bridgehead atoms. The summed E-state index contributed by atoms with van der Waals surface area (Å²) in [7, 11) is 0. The standard InChI is InChI=1S/C22H27N3O3/c1-3-5-6-9-24-11-16(4-2)17-7-8-19-18(10-17)22(15-28-20(23)25-22)21(14-27-19)12-26-13-21/h4,6-11H,3,5,12-15H2,1-2H3,(H2,23,25)/b9-6+,16-4+,24-11+. The second-order valence-corrected chi connectivity index (χ2v) is 7.57. The number of benzene rings is 1. The van der Waals surface area contributed by atoms with E-state index in [1.165, 1.54) is 0 Å². The van der Waals surface area contributed by atoms with Crippen molar-refractivity contribution in [2.24, 2.45) is 21.1 Å². The number of hydrogen-bond donors (Lipinski definition) is 1. The van der Waals surface area contributed by atoms with Crippen LogP contribution in [0, 0.1) is 5.41 Å². The number of nitrogens with zero attached hydrogens (tertiary/aromatic N) is 2. The zero-order valence-electron chi connectivity index (χ0n) is 16.5. The highest BCUT2D eigenvalue weighted by Crippen LogP contribution is 2.56. The van der Waals surface area contributed by atoms with Crippen molar-refractivity contribution in [2.45, 2.75) is 32.2 Å². The van der Waals surface area contributed by atoms with E-state index < -0.39 is 5.54 Å². The number of aliphatic imine (C=N–C) groups is 2. The Morgan fingerprint density at radius 2 is 2.11 bits per heavy atom. The summed E-state index contributed by atoms with van der Waals surface area (Å²) in [6.07, 6.45) is 10.0. The molecule has 2 spiro atoms. The Kier molecular flexibility index (Phi) is 4.98. The molecule has 1 unspecified atom stereocenters. The van der Waals surface area contributed by atoms with Crippen molar-refractivity contribution in [1.82, 2.24) is 0 Å². The summed E-state index contributed by atoms with van der Waals surface area (Å²) in [5.41, 5.74) is 8.26. The van der Waals surface area contributed by atoms with E-state index >= 15 is 0 Å². The number of ether oxygens (including phenoxy) is 3. The van der Waals surface area contributed by atoms with Gasteiger partial charge in [0.2, 0.25) is 0 Å². The fourth-order valence-electron chi connectivity index (χ4n) is 4.03. The number of fused-ring (bicyclic) bond motifs is 3. The molecule has 148 valence electrons. The molecule has 0 aliphatic carbocycles. The summed E-state index contributed by atoms with van der Waals surface area (Å²) < 4.78 is 17.3. The van der Waals surface area contributed by atoms with Gasteiger partial charge in [0.1, 0.15) is 24.5 Å². The molecule has 2 N–H and O–H groups in total. The van der Waals surface area contributed by atoms with Crippen LogP contribution in [0.4, 0.5) is 0 Å². The van der Waals surface area contributed by atoms with Gasteiger partial charge < -0.3 is 19.9 Å². The van der Waals surface area contributed by atoms with Gasteiger partial charge in [-0.05, 0) is 36.6 Å². The monoisotopic (exact) mass is 381 g/mol. The van der Waals surface area contributed by atoms with Gasteiger partial charge >= 0.3 is 0 Å². The van der Waals surface area contributed by atoms with Crippen molar-refractivity contribution in [3.8, 4) is 5.75 Å². The van der Waals surface area contributed by atoms with Crippen LogP contribution in [-0.4, -0.2) is 38.7 Å². The summed E-state index contributed by atoms with van der Waals surface area (Å²) in [5.74, 6) is 0.832. The van der Waals surface area contributed by atoms with Gasteiger partial charge in [-0.3, -0.25) is 4.99 Å². The normalized spacial score (nSPS) is 25.6. The van der Waals surface area contributed by atoms with E-state index in [1.807, 2.05) is 25.4 Å². The van der Waals surface area contributed by atoms with Gasteiger partial charge in [-0.15, -0.1) is 0 Å². The van der Waals surface area contributed by atoms with E-state index in [0.29, 0.717) is 26.4 Å². The van der Waals surface area contributed by atoms with Crippen LogP contribution in [0.3, 0.4) is 0 Å². The lowest BCUT2D eigenvalue weighted by molar-refractivity contribution is -0.185. The largest absolute Gasteiger partial charge is 0.492 e. The molecule has 0 saturated carbocycles. The molecule has 28 heavy (non-hydrogen) atoms. The van der Waals surface area contributed by atoms with E-state index in [9.17, 15) is 0 Å². The van der Waals surface area contributed by atoms with Gasteiger partial charge in [-0.25, -0.2) is 4.99 Å². The highest BCUT2D eigenvalue weighted by molar-refractivity contribution is 6.10. The number of rotatable bonds is 5. The minimum absolute atomic E-state index is 0.229. The van der Waals surface area contributed by atoms with Crippen LogP contribution >= 0.6 is 0 Å². The van der Waals surface area contributed by atoms with Gasteiger partial charge in [0.05, 0.1) is 18.6 Å². The van der Waals surface area contributed by atoms with Crippen molar-refractivity contribution in [3.63, 3.8) is 0 Å². The molecule has 0 aromatic heterocycles. The molecule has 1 saturated heterocycles. The third-order valence-electron chi connectivity index (χ3n) is 5.80. The Hall–Kier alpha value is -2.60. The molecule has 0 radical (unpaired) electrons. The molecule has 0 amide bonds. The van der Waals surface area contributed by atoms with E-state index in [0.717, 1.165) is 35.3 Å². The summed E-state index contributed by atoms with van der Waals surface area (Å²) in [6, 6.07) is 6.44. The molecule has 1 atom stereocenters. The van der Waals surface area contributed by atoms with Gasteiger partial charge in [-0.2, -0.15) is 0 Å². The third-order valence-corrected chi connectivity index (χ3v) is 5.80. The van der Waals surface area contributed by atoms with Crippen LogP contribution < -0.4 is 10.5 Å². The van der Waals surface area contributed by atoms with E-state index in [1.54, 1.807) is 0 Å². The average molecular weight is 381 g/mol. The lowest BCUT2D eigenvalue weighted by Gasteiger charge is -2.53. The Bertz CT molecular complexity index is 868. The summed E-state index contributed by atoms with van der Waals surface area (Å²) >= 11 is 0. The smallest absolute Gasteiger partial charge is 0.283 e. The average Bonchev–Trinajstić information content (AvgIpc) is 3.06. The Balaban J connectivity index is 1.71. The quantitative estimate of drug-likeness (QED) is 0.793. The second kappa shape index (κ2) is 7.43. The maximum atomic E-state index is 6.09. The van der Waals surface area contributed by atoms with Crippen LogP contribution in [0.25, 0.3) is 5.57 Å². The van der Waals surface area contributed by atoms with Crippen molar-refractivity contribution in [2.75, 3.05) is 26.4 Å². The topological polar surface area (TPSA) is 78.4 Å². The highest BCUT2D eigenvalue weighted by atomic mass is 16.5. The van der Waals surface area contributed by atoms with Crippen molar-refractivity contribution < 1.29 is 14.2 Å². The van der Waals surface area contributed by atoms with Crippen molar-refractivity contribution in [1.29, 1.82) is 0 Å². The molecular formula is C22H27N3O3. The van der Waals surface area contributed by atoms with Crippen LogP contribution in [0.1, 0.15) is 37.8 Å². The number of unbranched alkanes of at least 4 members (excludes halogenated alkanes) is 1. The molecule has 1 aromatic carbocycles. The fraction of sp³-hybridized carbons (Fsp3) is 0.455. The molecule has 4 rings (SSSR count). The predicted octanol–water partition coefficient (Wildman–Crippen LogP) is 3.42.